The van der Waals surface area contributed by atoms with Crippen LogP contribution in [-0.4, -0.2) is 12.5 Å². The van der Waals surface area contributed by atoms with E-state index >= 15 is 0 Å². The standard InChI is InChI=1S/C14H20N2O/c15-10-4-9-14(17)16-13-8-3-6-11-5-1-2-7-12(11)13/h3,6,8H,1-2,4-5,7,9-10,15H2,(H,16,17). The second-order valence-electron chi connectivity index (χ2n) is 4.59. The van der Waals surface area contributed by atoms with Gasteiger partial charge in [-0.15, -0.1) is 0 Å². The fraction of sp³-hybridized carbons (Fsp3) is 0.500. The van der Waals surface area contributed by atoms with Crippen LogP contribution in [0.15, 0.2) is 18.2 Å². The third-order valence-corrected chi connectivity index (χ3v) is 3.28. The summed E-state index contributed by atoms with van der Waals surface area (Å²) < 4.78 is 0. The molecule has 0 unspecified atom stereocenters. The lowest BCUT2D eigenvalue weighted by atomic mass is 9.90. The smallest absolute Gasteiger partial charge is 0.224 e. The number of fused-ring (bicyclic) bond motifs is 1. The van der Waals surface area contributed by atoms with E-state index in [1.54, 1.807) is 0 Å². The summed E-state index contributed by atoms with van der Waals surface area (Å²) in [6.07, 6.45) is 5.98. The molecule has 92 valence electrons. The van der Waals surface area contributed by atoms with Crippen molar-refractivity contribution in [2.45, 2.75) is 38.5 Å². The average molecular weight is 232 g/mol. The third-order valence-electron chi connectivity index (χ3n) is 3.28. The second-order valence-corrected chi connectivity index (χ2v) is 4.59. The van der Waals surface area contributed by atoms with Gasteiger partial charge in [-0.05, 0) is 55.8 Å². The Labute approximate surface area is 102 Å². The molecule has 1 aromatic carbocycles. The maximum Gasteiger partial charge on any atom is 0.224 e. The number of rotatable bonds is 4. The molecule has 0 spiro atoms. The maximum atomic E-state index is 11.7. The van der Waals surface area contributed by atoms with Gasteiger partial charge in [-0.25, -0.2) is 0 Å². The maximum absolute atomic E-state index is 11.7. The summed E-state index contributed by atoms with van der Waals surface area (Å²) in [6.45, 7) is 0.570. The van der Waals surface area contributed by atoms with Crippen molar-refractivity contribution < 1.29 is 4.79 Å². The van der Waals surface area contributed by atoms with Crippen LogP contribution in [0.1, 0.15) is 36.8 Å². The van der Waals surface area contributed by atoms with Gasteiger partial charge in [-0.3, -0.25) is 4.79 Å². The quantitative estimate of drug-likeness (QED) is 0.836. The van der Waals surface area contributed by atoms with Crippen LogP contribution in [0.25, 0.3) is 0 Å². The normalized spacial score (nSPS) is 14.2. The minimum absolute atomic E-state index is 0.0782. The predicted molar refractivity (Wildman–Crippen MR) is 70.0 cm³/mol. The van der Waals surface area contributed by atoms with E-state index in [1.165, 1.54) is 24.0 Å². The Bertz CT molecular complexity index is 401. The van der Waals surface area contributed by atoms with Crippen LogP contribution in [-0.2, 0) is 17.6 Å². The minimum Gasteiger partial charge on any atom is -0.330 e. The molecule has 1 aromatic rings. The summed E-state index contributed by atoms with van der Waals surface area (Å²) >= 11 is 0. The first-order valence-electron chi connectivity index (χ1n) is 6.42. The molecule has 0 atom stereocenters. The van der Waals surface area contributed by atoms with E-state index in [1.807, 2.05) is 12.1 Å². The highest BCUT2D eigenvalue weighted by Gasteiger charge is 2.13. The van der Waals surface area contributed by atoms with Crippen LogP contribution in [0.5, 0.6) is 0 Å². The molecule has 1 aliphatic rings. The molecule has 1 amide bonds. The molecule has 0 fully saturated rings. The number of hydrogen-bond donors (Lipinski definition) is 2. The molecule has 0 saturated carbocycles. The first-order valence-corrected chi connectivity index (χ1v) is 6.42. The molecule has 0 radical (unpaired) electrons. The molecule has 0 bridgehead atoms. The van der Waals surface area contributed by atoms with E-state index in [2.05, 4.69) is 11.4 Å². The van der Waals surface area contributed by atoms with Crippen molar-refractivity contribution in [2.75, 3.05) is 11.9 Å². The van der Waals surface area contributed by atoms with Crippen molar-refractivity contribution >= 4 is 11.6 Å². The Morgan fingerprint density at radius 3 is 2.94 bits per heavy atom. The van der Waals surface area contributed by atoms with Gasteiger partial charge in [0.1, 0.15) is 0 Å². The molecule has 3 N–H and O–H groups in total. The van der Waals surface area contributed by atoms with Crippen LogP contribution in [0, 0.1) is 0 Å². The molecule has 0 heterocycles. The molecule has 3 heteroatoms. The van der Waals surface area contributed by atoms with Crippen LogP contribution in [0.2, 0.25) is 0 Å². The van der Waals surface area contributed by atoms with Crippen molar-refractivity contribution in [1.29, 1.82) is 0 Å². The average Bonchev–Trinajstić information content (AvgIpc) is 2.37. The van der Waals surface area contributed by atoms with Gasteiger partial charge in [0.25, 0.3) is 0 Å². The van der Waals surface area contributed by atoms with Gasteiger partial charge in [0, 0.05) is 12.1 Å². The van der Waals surface area contributed by atoms with Gasteiger partial charge in [-0.2, -0.15) is 0 Å². The highest BCUT2D eigenvalue weighted by atomic mass is 16.1. The van der Waals surface area contributed by atoms with Crippen LogP contribution in [0.3, 0.4) is 0 Å². The lowest BCUT2D eigenvalue weighted by Gasteiger charge is -2.19. The van der Waals surface area contributed by atoms with Gasteiger partial charge in [0.05, 0.1) is 0 Å². The Balaban J connectivity index is 2.08. The zero-order valence-electron chi connectivity index (χ0n) is 10.2. The number of benzene rings is 1. The molecule has 2 rings (SSSR count). The van der Waals surface area contributed by atoms with Gasteiger partial charge >= 0.3 is 0 Å². The van der Waals surface area contributed by atoms with E-state index in [9.17, 15) is 4.79 Å². The third kappa shape index (κ3) is 3.07. The largest absolute Gasteiger partial charge is 0.330 e. The summed E-state index contributed by atoms with van der Waals surface area (Å²) in [5, 5.41) is 3.01. The Morgan fingerprint density at radius 2 is 2.12 bits per heavy atom. The molecular weight excluding hydrogens is 212 g/mol. The van der Waals surface area contributed by atoms with E-state index in [4.69, 9.17) is 5.73 Å². The number of hydrogen-bond acceptors (Lipinski definition) is 2. The zero-order chi connectivity index (χ0) is 12.1. The Hall–Kier alpha value is -1.35. The molecule has 0 aliphatic heterocycles. The van der Waals surface area contributed by atoms with E-state index in [0.717, 1.165) is 24.9 Å². The van der Waals surface area contributed by atoms with Crippen LogP contribution in [0.4, 0.5) is 5.69 Å². The monoisotopic (exact) mass is 232 g/mol. The van der Waals surface area contributed by atoms with Gasteiger partial charge in [0.15, 0.2) is 0 Å². The number of carbonyl (C=O) groups excluding carboxylic acids is 1. The summed E-state index contributed by atoms with van der Waals surface area (Å²) in [5.74, 6) is 0.0782. The Kier molecular flexibility index (Phi) is 4.15. The topological polar surface area (TPSA) is 55.1 Å². The number of nitrogens with one attached hydrogen (secondary N) is 1. The number of amides is 1. The lowest BCUT2D eigenvalue weighted by molar-refractivity contribution is -0.116. The van der Waals surface area contributed by atoms with Crippen molar-refractivity contribution in [3.8, 4) is 0 Å². The summed E-state index contributed by atoms with van der Waals surface area (Å²) in [4.78, 5) is 11.7. The van der Waals surface area contributed by atoms with Crippen molar-refractivity contribution in [3.05, 3.63) is 29.3 Å². The van der Waals surface area contributed by atoms with E-state index in [0.29, 0.717) is 13.0 Å². The summed E-state index contributed by atoms with van der Waals surface area (Å²) in [7, 11) is 0. The fourth-order valence-electron chi connectivity index (χ4n) is 2.37. The molecule has 1 aliphatic carbocycles. The molecular formula is C14H20N2O. The van der Waals surface area contributed by atoms with Gasteiger partial charge < -0.3 is 11.1 Å². The molecule has 17 heavy (non-hydrogen) atoms. The second kappa shape index (κ2) is 5.82. The fourth-order valence-corrected chi connectivity index (χ4v) is 2.37. The number of aryl methyl sites for hydroxylation is 1. The zero-order valence-corrected chi connectivity index (χ0v) is 10.2. The van der Waals surface area contributed by atoms with Crippen molar-refractivity contribution in [1.82, 2.24) is 0 Å². The lowest BCUT2D eigenvalue weighted by Crippen LogP contribution is -2.16. The van der Waals surface area contributed by atoms with Crippen molar-refractivity contribution in [2.24, 2.45) is 5.73 Å². The van der Waals surface area contributed by atoms with Crippen LogP contribution < -0.4 is 11.1 Å². The molecule has 0 aromatic heterocycles. The van der Waals surface area contributed by atoms with Gasteiger partial charge in [0.2, 0.25) is 5.91 Å². The first kappa shape index (κ1) is 12.1. The van der Waals surface area contributed by atoms with Gasteiger partial charge in [-0.1, -0.05) is 12.1 Å². The molecule has 3 nitrogen and oxygen atoms in total. The SMILES string of the molecule is NCCCC(=O)Nc1cccc2c1CCCC2. The number of nitrogens with two attached hydrogens (primary N) is 1. The minimum atomic E-state index is 0.0782. The first-order chi connectivity index (χ1) is 8.31. The van der Waals surface area contributed by atoms with Crippen molar-refractivity contribution in [3.63, 3.8) is 0 Å². The summed E-state index contributed by atoms with van der Waals surface area (Å²) in [5.41, 5.74) is 9.13. The summed E-state index contributed by atoms with van der Waals surface area (Å²) in [6, 6.07) is 6.21. The Morgan fingerprint density at radius 1 is 1.29 bits per heavy atom. The molecule has 0 saturated heterocycles. The number of anilines is 1. The predicted octanol–water partition coefficient (Wildman–Crippen LogP) is 2.24. The van der Waals surface area contributed by atoms with E-state index < -0.39 is 0 Å². The highest BCUT2D eigenvalue weighted by Crippen LogP contribution is 2.27. The number of carbonyl (C=O) groups is 1. The van der Waals surface area contributed by atoms with E-state index in [-0.39, 0.29) is 5.91 Å². The van der Waals surface area contributed by atoms with Crippen LogP contribution >= 0.6 is 0 Å². The highest BCUT2D eigenvalue weighted by molar-refractivity contribution is 5.91.